The second kappa shape index (κ2) is 9.53. The van der Waals surface area contributed by atoms with Crippen molar-refractivity contribution in [2.24, 2.45) is 5.41 Å². The van der Waals surface area contributed by atoms with Gasteiger partial charge >= 0.3 is 0 Å². The van der Waals surface area contributed by atoms with Gasteiger partial charge in [0.2, 0.25) is 0 Å². The average Bonchev–Trinajstić information content (AvgIpc) is 3.41. The van der Waals surface area contributed by atoms with Gasteiger partial charge in [-0.3, -0.25) is 4.79 Å². The number of pyridine rings is 2. The van der Waals surface area contributed by atoms with Crippen LogP contribution in [0.25, 0.3) is 5.65 Å². The highest BCUT2D eigenvalue weighted by atomic mass is 19.3. The Balaban J connectivity index is 1.46. The fourth-order valence-corrected chi connectivity index (χ4v) is 4.95. The number of alkyl halides is 2. The van der Waals surface area contributed by atoms with E-state index in [0.29, 0.717) is 17.4 Å². The van der Waals surface area contributed by atoms with Crippen molar-refractivity contribution in [3.8, 4) is 5.75 Å². The molecule has 3 aromatic heterocycles. The zero-order valence-electron chi connectivity index (χ0n) is 20.0. The predicted octanol–water partition coefficient (Wildman–Crippen LogP) is 5.77. The molecule has 0 radical (unpaired) electrons. The highest BCUT2D eigenvalue weighted by Crippen LogP contribution is 2.40. The third-order valence-electron chi connectivity index (χ3n) is 6.90. The Hall–Kier alpha value is -3.07. The first-order valence-corrected chi connectivity index (χ1v) is 12.1. The van der Waals surface area contributed by atoms with Crippen LogP contribution in [-0.4, -0.2) is 39.6 Å². The lowest BCUT2D eigenvalue weighted by Crippen LogP contribution is -2.19. The molecule has 1 amide bonds. The topological polar surface area (TPSA) is 77.8 Å². The van der Waals surface area contributed by atoms with E-state index in [1.54, 1.807) is 6.20 Å². The molecular formula is C26H30F2N4O3. The van der Waals surface area contributed by atoms with Gasteiger partial charge in [-0.15, -0.1) is 0 Å². The molecule has 1 saturated carbocycles. The second-order valence-corrected chi connectivity index (χ2v) is 10.2. The minimum absolute atomic E-state index is 0.0216. The van der Waals surface area contributed by atoms with Gasteiger partial charge in [0, 0.05) is 37.6 Å². The van der Waals surface area contributed by atoms with Crippen molar-refractivity contribution in [1.29, 1.82) is 0 Å². The van der Waals surface area contributed by atoms with E-state index in [4.69, 9.17) is 14.5 Å². The summed E-state index contributed by atoms with van der Waals surface area (Å²) in [4.78, 5) is 21.6. The zero-order valence-corrected chi connectivity index (χ0v) is 20.0. The van der Waals surface area contributed by atoms with E-state index >= 15 is 0 Å². The summed E-state index contributed by atoms with van der Waals surface area (Å²) < 4.78 is 39.9. The molecule has 1 atom stereocenters. The van der Waals surface area contributed by atoms with Gasteiger partial charge in [-0.1, -0.05) is 19.9 Å². The summed E-state index contributed by atoms with van der Waals surface area (Å²) in [7, 11) is 0. The molecule has 186 valence electrons. The van der Waals surface area contributed by atoms with Gasteiger partial charge in [0.1, 0.15) is 28.5 Å². The number of halogens is 2. The van der Waals surface area contributed by atoms with Crippen LogP contribution in [0.1, 0.15) is 80.2 Å². The third-order valence-corrected chi connectivity index (χ3v) is 6.90. The molecule has 7 nitrogen and oxygen atoms in total. The summed E-state index contributed by atoms with van der Waals surface area (Å²) in [5, 5.41) is 2.83. The number of aromatic nitrogens is 3. The van der Waals surface area contributed by atoms with E-state index in [0.717, 1.165) is 56.7 Å². The van der Waals surface area contributed by atoms with Gasteiger partial charge in [-0.2, -0.15) is 0 Å². The lowest BCUT2D eigenvalue weighted by molar-refractivity contribution is 0.0846. The monoisotopic (exact) mass is 484 g/mol. The first-order chi connectivity index (χ1) is 16.8. The van der Waals surface area contributed by atoms with Crippen LogP contribution in [-0.2, 0) is 4.74 Å². The molecule has 2 aliphatic rings. The Kier molecular flexibility index (Phi) is 6.44. The highest BCUT2D eigenvalue weighted by molar-refractivity contribution is 6.03. The summed E-state index contributed by atoms with van der Waals surface area (Å²) in [5.41, 5.74) is 1.84. The Morgan fingerprint density at radius 2 is 2.00 bits per heavy atom. The minimum atomic E-state index is -2.75. The van der Waals surface area contributed by atoms with Crippen LogP contribution in [0.2, 0.25) is 0 Å². The number of hydrogen-bond donors (Lipinski definition) is 1. The molecular weight excluding hydrogens is 454 g/mol. The highest BCUT2D eigenvalue weighted by Gasteiger charge is 2.33. The number of amides is 1. The molecule has 3 aromatic rings. The van der Waals surface area contributed by atoms with Crippen molar-refractivity contribution >= 4 is 17.2 Å². The van der Waals surface area contributed by atoms with Crippen LogP contribution in [0.5, 0.6) is 5.75 Å². The number of carbonyl (C=O) groups excluding carboxylic acids is 1. The molecule has 1 unspecified atom stereocenters. The number of carbonyl (C=O) groups is 1. The van der Waals surface area contributed by atoms with Gasteiger partial charge in [0.05, 0.1) is 11.8 Å². The standard InChI is InChI=1S/C26H30F2N4O3/c1-26(2)9-6-17(13-26)35-22-12-23-30-20(16-7-10-34-11-8-16)14-32(23)15-21(22)31-25(33)19-5-3-4-18(29-19)24(27)28/h3-5,12,14-17,24H,6-11,13H2,1-2H3,(H,31,33). The number of nitrogens with zero attached hydrogens (tertiary/aromatic N) is 3. The molecule has 1 N–H and O–H groups in total. The van der Waals surface area contributed by atoms with Crippen molar-refractivity contribution in [3.05, 3.63) is 53.7 Å². The first kappa shape index (κ1) is 23.7. The molecule has 1 aliphatic heterocycles. The maximum absolute atomic E-state index is 13.1. The van der Waals surface area contributed by atoms with Crippen LogP contribution < -0.4 is 10.1 Å². The molecule has 5 rings (SSSR count). The molecule has 0 bridgehead atoms. The first-order valence-electron chi connectivity index (χ1n) is 12.1. The Bertz CT molecular complexity index is 1220. The summed E-state index contributed by atoms with van der Waals surface area (Å²) >= 11 is 0. The minimum Gasteiger partial charge on any atom is -0.488 e. The van der Waals surface area contributed by atoms with Crippen molar-refractivity contribution in [2.75, 3.05) is 18.5 Å². The van der Waals surface area contributed by atoms with E-state index in [1.165, 1.54) is 18.2 Å². The van der Waals surface area contributed by atoms with Gasteiger partial charge in [-0.05, 0) is 49.7 Å². The fourth-order valence-electron chi connectivity index (χ4n) is 4.95. The van der Waals surface area contributed by atoms with E-state index in [9.17, 15) is 13.6 Å². The SMILES string of the molecule is CC1(C)CCC(Oc2cc3nc(C4CCOCC4)cn3cc2NC(=O)c2cccc(C(F)F)n2)C1. The molecule has 0 aromatic carbocycles. The summed E-state index contributed by atoms with van der Waals surface area (Å²) in [6.07, 6.45) is 5.74. The normalized spacial score (nSPS) is 20.4. The summed E-state index contributed by atoms with van der Waals surface area (Å²) in [6.45, 7) is 5.88. The van der Waals surface area contributed by atoms with Crippen molar-refractivity contribution < 1.29 is 23.0 Å². The maximum Gasteiger partial charge on any atom is 0.280 e. The average molecular weight is 485 g/mol. The number of ether oxygens (including phenoxy) is 2. The smallest absolute Gasteiger partial charge is 0.280 e. The van der Waals surface area contributed by atoms with Crippen LogP contribution in [0, 0.1) is 5.41 Å². The third kappa shape index (κ3) is 5.29. The molecule has 35 heavy (non-hydrogen) atoms. The zero-order chi connectivity index (χ0) is 24.6. The van der Waals surface area contributed by atoms with E-state index in [-0.39, 0.29) is 17.2 Å². The largest absolute Gasteiger partial charge is 0.488 e. The molecule has 2 fully saturated rings. The number of rotatable bonds is 6. The lowest BCUT2D eigenvalue weighted by Gasteiger charge is -2.20. The molecule has 0 spiro atoms. The van der Waals surface area contributed by atoms with Gasteiger partial charge in [-0.25, -0.2) is 18.7 Å². The number of imidazole rings is 1. The summed E-state index contributed by atoms with van der Waals surface area (Å²) in [5.74, 6) is 0.263. The van der Waals surface area contributed by atoms with Gasteiger partial charge in [0.15, 0.2) is 0 Å². The quantitative estimate of drug-likeness (QED) is 0.481. The molecule has 1 saturated heterocycles. The van der Waals surface area contributed by atoms with E-state index in [2.05, 4.69) is 24.1 Å². The number of hydrogen-bond acceptors (Lipinski definition) is 5. The van der Waals surface area contributed by atoms with Crippen LogP contribution >= 0.6 is 0 Å². The fraction of sp³-hybridized carbons (Fsp3) is 0.500. The van der Waals surface area contributed by atoms with Crippen molar-refractivity contribution in [1.82, 2.24) is 14.4 Å². The van der Waals surface area contributed by atoms with Gasteiger partial charge in [0.25, 0.3) is 12.3 Å². The molecule has 9 heteroatoms. The lowest BCUT2D eigenvalue weighted by atomic mass is 9.92. The Morgan fingerprint density at radius 3 is 2.71 bits per heavy atom. The van der Waals surface area contributed by atoms with Gasteiger partial charge < -0.3 is 19.2 Å². The summed E-state index contributed by atoms with van der Waals surface area (Å²) in [6, 6.07) is 5.86. The number of anilines is 1. The molecule has 4 heterocycles. The van der Waals surface area contributed by atoms with Crippen LogP contribution in [0.3, 0.4) is 0 Å². The van der Waals surface area contributed by atoms with Crippen LogP contribution in [0.4, 0.5) is 14.5 Å². The second-order valence-electron chi connectivity index (χ2n) is 10.2. The van der Waals surface area contributed by atoms with Crippen molar-refractivity contribution in [2.45, 2.75) is 64.4 Å². The maximum atomic E-state index is 13.1. The Morgan fingerprint density at radius 1 is 1.20 bits per heavy atom. The molecule has 1 aliphatic carbocycles. The predicted molar refractivity (Wildman–Crippen MR) is 127 cm³/mol. The van der Waals surface area contributed by atoms with E-state index in [1.807, 2.05) is 16.7 Å². The van der Waals surface area contributed by atoms with Crippen LogP contribution in [0.15, 0.2) is 36.7 Å². The number of nitrogens with one attached hydrogen (secondary N) is 1. The van der Waals surface area contributed by atoms with Crippen molar-refractivity contribution in [3.63, 3.8) is 0 Å². The Labute approximate surface area is 202 Å². The number of fused-ring (bicyclic) bond motifs is 1. The van der Waals surface area contributed by atoms with E-state index < -0.39 is 18.0 Å².